The number of hydrogen-bond acceptors (Lipinski definition) is 2. The molecule has 0 aliphatic carbocycles. The van der Waals surface area contributed by atoms with Crippen LogP contribution in [0.4, 0.5) is 0 Å². The highest BCUT2D eigenvalue weighted by Crippen LogP contribution is 2.20. The number of hydrogen-bond donors (Lipinski definition) is 1. The molecule has 1 N–H and O–H groups in total. The number of imidazole rings is 1. The zero-order chi connectivity index (χ0) is 17.6. The molecule has 0 aliphatic heterocycles. The predicted octanol–water partition coefficient (Wildman–Crippen LogP) is 3.95. The summed E-state index contributed by atoms with van der Waals surface area (Å²) in [5, 5.41) is 9.61. The Bertz CT molecular complexity index is 868. The van der Waals surface area contributed by atoms with Gasteiger partial charge in [0.15, 0.2) is 0 Å². The van der Waals surface area contributed by atoms with Crippen molar-refractivity contribution in [1.82, 2.24) is 9.55 Å². The van der Waals surface area contributed by atoms with E-state index in [0.29, 0.717) is 19.4 Å². The third kappa shape index (κ3) is 3.86. The van der Waals surface area contributed by atoms with E-state index in [1.807, 2.05) is 65.2 Å². The summed E-state index contributed by atoms with van der Waals surface area (Å²) >= 11 is 0. The van der Waals surface area contributed by atoms with E-state index in [-0.39, 0.29) is 5.82 Å². The second-order valence-corrected chi connectivity index (χ2v) is 5.86. The number of nitrogens with zero attached hydrogens (tertiary/aromatic N) is 2. The van der Waals surface area contributed by atoms with Crippen molar-refractivity contribution < 1.29 is 9.90 Å². The molecule has 3 aromatic rings. The van der Waals surface area contributed by atoms with Gasteiger partial charge in [-0.05, 0) is 11.1 Å². The van der Waals surface area contributed by atoms with E-state index in [1.165, 1.54) is 0 Å². The van der Waals surface area contributed by atoms with Gasteiger partial charge in [-0.1, -0.05) is 66.7 Å². The molecule has 0 spiro atoms. The number of aromatic carboxylic acids is 1. The molecule has 4 nitrogen and oxygen atoms in total. The fourth-order valence-electron chi connectivity index (χ4n) is 2.92. The average molecular weight is 332 g/mol. The molecule has 3 rings (SSSR count). The maximum absolute atomic E-state index is 11.7. The summed E-state index contributed by atoms with van der Waals surface area (Å²) < 4.78 is 1.81. The maximum Gasteiger partial charge on any atom is 0.372 e. The number of benzene rings is 2. The van der Waals surface area contributed by atoms with Crippen molar-refractivity contribution in [3.05, 3.63) is 102 Å². The molecule has 0 bridgehead atoms. The van der Waals surface area contributed by atoms with Gasteiger partial charge >= 0.3 is 5.97 Å². The summed E-state index contributed by atoms with van der Waals surface area (Å²) in [6.45, 7) is 4.26. The van der Waals surface area contributed by atoms with E-state index in [1.54, 1.807) is 6.08 Å². The van der Waals surface area contributed by atoms with Crippen LogP contribution in [0.5, 0.6) is 0 Å². The fraction of sp³-hybridized carbons (Fsp3) is 0.143. The van der Waals surface area contributed by atoms with Gasteiger partial charge in [0, 0.05) is 25.1 Å². The standard InChI is InChI=1S/C21H20N2O2/c1-2-9-18-19(14-16-10-5-3-6-11-16)23(20(22-18)21(24)25)15-17-12-7-4-8-13-17/h2-8,10-13H,1,9,14-15H2,(H,24,25). The second-order valence-electron chi connectivity index (χ2n) is 5.86. The lowest BCUT2D eigenvalue weighted by atomic mass is 10.1. The normalized spacial score (nSPS) is 10.6. The van der Waals surface area contributed by atoms with Crippen LogP contribution in [0.15, 0.2) is 73.3 Å². The van der Waals surface area contributed by atoms with Gasteiger partial charge in [-0.2, -0.15) is 0 Å². The Morgan fingerprint density at radius 3 is 2.20 bits per heavy atom. The average Bonchev–Trinajstić information content (AvgIpc) is 2.95. The Hall–Kier alpha value is -3.14. The predicted molar refractivity (Wildman–Crippen MR) is 97.9 cm³/mol. The fourth-order valence-corrected chi connectivity index (χ4v) is 2.92. The van der Waals surface area contributed by atoms with E-state index >= 15 is 0 Å². The van der Waals surface area contributed by atoms with Gasteiger partial charge in [-0.3, -0.25) is 0 Å². The topological polar surface area (TPSA) is 55.1 Å². The summed E-state index contributed by atoms with van der Waals surface area (Å²) in [6.07, 6.45) is 2.94. The molecule has 4 heteroatoms. The van der Waals surface area contributed by atoms with Crippen molar-refractivity contribution in [2.24, 2.45) is 0 Å². The lowest BCUT2D eigenvalue weighted by molar-refractivity contribution is 0.0678. The summed E-state index contributed by atoms with van der Waals surface area (Å²) in [5.41, 5.74) is 3.86. The molecule has 0 amide bonds. The Balaban J connectivity index is 2.08. The minimum atomic E-state index is -1.01. The lowest BCUT2D eigenvalue weighted by Gasteiger charge is -2.12. The van der Waals surface area contributed by atoms with Crippen LogP contribution >= 0.6 is 0 Å². The first kappa shape index (κ1) is 16.7. The number of carboxylic acid groups (broad SMARTS) is 1. The Morgan fingerprint density at radius 1 is 1.04 bits per heavy atom. The molecule has 0 fully saturated rings. The third-order valence-corrected chi connectivity index (χ3v) is 4.08. The molecule has 1 heterocycles. The Morgan fingerprint density at radius 2 is 1.64 bits per heavy atom. The summed E-state index contributed by atoms with van der Waals surface area (Å²) in [6, 6.07) is 19.9. The van der Waals surface area contributed by atoms with E-state index < -0.39 is 5.97 Å². The number of aromatic nitrogens is 2. The third-order valence-electron chi connectivity index (χ3n) is 4.08. The molecular formula is C21H20N2O2. The molecule has 0 atom stereocenters. The van der Waals surface area contributed by atoms with Crippen LogP contribution in [0, 0.1) is 0 Å². The summed E-state index contributed by atoms with van der Waals surface area (Å²) in [5.74, 6) is -0.938. The van der Waals surface area contributed by atoms with Gasteiger partial charge in [0.25, 0.3) is 0 Å². The van der Waals surface area contributed by atoms with Gasteiger partial charge < -0.3 is 9.67 Å². The van der Waals surface area contributed by atoms with Crippen molar-refractivity contribution in [2.45, 2.75) is 19.4 Å². The van der Waals surface area contributed by atoms with Crippen LogP contribution in [0.25, 0.3) is 0 Å². The van der Waals surface area contributed by atoms with Crippen molar-refractivity contribution >= 4 is 5.97 Å². The van der Waals surface area contributed by atoms with Crippen molar-refractivity contribution in [3.8, 4) is 0 Å². The van der Waals surface area contributed by atoms with Gasteiger partial charge in [-0.25, -0.2) is 9.78 Å². The molecule has 126 valence electrons. The second kappa shape index (κ2) is 7.62. The molecule has 0 unspecified atom stereocenters. The lowest BCUT2D eigenvalue weighted by Crippen LogP contribution is -2.13. The van der Waals surface area contributed by atoms with Gasteiger partial charge in [0.2, 0.25) is 5.82 Å². The van der Waals surface area contributed by atoms with E-state index in [2.05, 4.69) is 11.6 Å². The number of carbonyl (C=O) groups is 1. The highest BCUT2D eigenvalue weighted by atomic mass is 16.4. The quantitative estimate of drug-likeness (QED) is 0.667. The molecule has 0 aliphatic rings. The molecule has 0 radical (unpaired) electrons. The van der Waals surface area contributed by atoms with Crippen molar-refractivity contribution in [3.63, 3.8) is 0 Å². The Labute approximate surface area is 147 Å². The van der Waals surface area contributed by atoms with Crippen LogP contribution in [-0.2, 0) is 19.4 Å². The number of allylic oxidation sites excluding steroid dienone is 1. The smallest absolute Gasteiger partial charge is 0.372 e. The molecule has 25 heavy (non-hydrogen) atoms. The van der Waals surface area contributed by atoms with Gasteiger partial charge in [0.05, 0.1) is 5.69 Å². The Kier molecular flexibility index (Phi) is 5.09. The largest absolute Gasteiger partial charge is 0.475 e. The molecule has 0 saturated heterocycles. The van der Waals surface area contributed by atoms with Crippen LogP contribution in [0.3, 0.4) is 0 Å². The number of carboxylic acids is 1. The molecule has 0 saturated carbocycles. The summed E-state index contributed by atoms with van der Waals surface area (Å²) in [4.78, 5) is 16.1. The summed E-state index contributed by atoms with van der Waals surface area (Å²) in [7, 11) is 0. The molecular weight excluding hydrogens is 312 g/mol. The van der Waals surface area contributed by atoms with Gasteiger partial charge in [0.1, 0.15) is 0 Å². The zero-order valence-corrected chi connectivity index (χ0v) is 13.9. The van der Waals surface area contributed by atoms with Crippen molar-refractivity contribution in [1.29, 1.82) is 0 Å². The minimum absolute atomic E-state index is 0.0756. The molecule has 1 aromatic heterocycles. The van der Waals surface area contributed by atoms with Crippen LogP contribution in [-0.4, -0.2) is 20.6 Å². The van der Waals surface area contributed by atoms with E-state index in [9.17, 15) is 9.90 Å². The molecule has 2 aromatic carbocycles. The maximum atomic E-state index is 11.7. The first-order chi connectivity index (χ1) is 12.2. The highest BCUT2D eigenvalue weighted by Gasteiger charge is 2.21. The number of rotatable bonds is 7. The van der Waals surface area contributed by atoms with E-state index in [4.69, 9.17) is 0 Å². The highest BCUT2D eigenvalue weighted by molar-refractivity contribution is 5.84. The van der Waals surface area contributed by atoms with Gasteiger partial charge in [-0.15, -0.1) is 6.58 Å². The van der Waals surface area contributed by atoms with Crippen molar-refractivity contribution in [2.75, 3.05) is 0 Å². The van der Waals surface area contributed by atoms with Crippen LogP contribution in [0.1, 0.15) is 33.1 Å². The first-order valence-corrected chi connectivity index (χ1v) is 8.19. The monoisotopic (exact) mass is 332 g/mol. The first-order valence-electron chi connectivity index (χ1n) is 8.19. The van der Waals surface area contributed by atoms with Crippen LogP contribution in [0.2, 0.25) is 0 Å². The SMILES string of the molecule is C=CCc1nc(C(=O)O)n(Cc2ccccc2)c1Cc1ccccc1. The van der Waals surface area contributed by atoms with E-state index in [0.717, 1.165) is 22.5 Å². The van der Waals surface area contributed by atoms with Crippen LogP contribution < -0.4 is 0 Å². The minimum Gasteiger partial charge on any atom is -0.475 e. The zero-order valence-electron chi connectivity index (χ0n) is 13.9.